The number of rotatable bonds is 8. The van der Waals surface area contributed by atoms with Crippen LogP contribution < -0.4 is 15.0 Å². The van der Waals surface area contributed by atoms with E-state index >= 15 is 4.39 Å². The van der Waals surface area contributed by atoms with Gasteiger partial charge >= 0.3 is 0 Å². The Morgan fingerprint density at radius 1 is 1.11 bits per heavy atom. The van der Waals surface area contributed by atoms with Crippen molar-refractivity contribution < 1.29 is 23.1 Å². The third-order valence-electron chi connectivity index (χ3n) is 5.51. The lowest BCUT2D eigenvalue weighted by molar-refractivity contribution is -0.128. The second-order valence-electron chi connectivity index (χ2n) is 9.68. The van der Waals surface area contributed by atoms with E-state index in [-0.39, 0.29) is 11.5 Å². The van der Waals surface area contributed by atoms with Crippen molar-refractivity contribution in [3.05, 3.63) is 77.8 Å². The number of aromatic nitrogens is 4. The molecule has 0 fully saturated rings. The second kappa shape index (κ2) is 10.8. The summed E-state index contributed by atoms with van der Waals surface area (Å²) in [5.74, 6) is 0.0528. The molecule has 1 atom stereocenters. The Bertz CT molecular complexity index is 1420. The van der Waals surface area contributed by atoms with E-state index in [1.807, 2.05) is 20.8 Å². The zero-order valence-electron chi connectivity index (χ0n) is 21.8. The smallest absolute Gasteiger partial charge is 0.251 e. The number of halogens is 1. The minimum Gasteiger partial charge on any atom is -0.497 e. The van der Waals surface area contributed by atoms with Gasteiger partial charge in [0, 0.05) is 5.54 Å². The Balaban J connectivity index is 1.76. The lowest BCUT2D eigenvalue weighted by Gasteiger charge is -2.33. The van der Waals surface area contributed by atoms with E-state index in [2.05, 4.69) is 20.7 Å². The number of para-hydroxylation sites is 1. The number of hydrogen-bond acceptors (Lipinski definition) is 7. The zero-order valence-corrected chi connectivity index (χ0v) is 21.8. The normalized spacial score (nSPS) is 12.2. The summed E-state index contributed by atoms with van der Waals surface area (Å²) < 4.78 is 25.9. The first-order valence-electron chi connectivity index (χ1n) is 11.9. The molecular formula is C27H29FN6O4. The molecule has 10 nitrogen and oxygen atoms in total. The molecule has 2 amide bonds. The monoisotopic (exact) mass is 520 g/mol. The first-order chi connectivity index (χ1) is 18.1. The number of carbonyl (C=O) groups is 2. The molecule has 0 aliphatic heterocycles. The maximum atomic E-state index is 15.2. The number of anilines is 1. The quantitative estimate of drug-likeness (QED) is 0.372. The number of carbonyl (C=O) groups excluding carboxylic acids is 2. The van der Waals surface area contributed by atoms with Crippen molar-refractivity contribution in [1.82, 2.24) is 25.5 Å². The van der Waals surface area contributed by atoms with Gasteiger partial charge < -0.3 is 14.5 Å². The van der Waals surface area contributed by atoms with Crippen LogP contribution in [0, 0.1) is 12.7 Å². The molecule has 0 saturated heterocycles. The van der Waals surface area contributed by atoms with Crippen molar-refractivity contribution in [2.45, 2.75) is 45.8 Å². The molecule has 4 aromatic rings. The molecule has 4 rings (SSSR count). The largest absolute Gasteiger partial charge is 0.497 e. The van der Waals surface area contributed by atoms with E-state index < -0.39 is 35.8 Å². The molecular weight excluding hydrogens is 491 g/mol. The molecule has 0 saturated carbocycles. The predicted octanol–water partition coefficient (Wildman–Crippen LogP) is 4.08. The molecule has 2 aromatic heterocycles. The summed E-state index contributed by atoms with van der Waals surface area (Å²) in [5.41, 5.74) is -0.221. The molecule has 1 unspecified atom stereocenters. The van der Waals surface area contributed by atoms with Crippen LogP contribution in [0.5, 0.6) is 5.75 Å². The molecule has 1 N–H and O–H groups in total. The van der Waals surface area contributed by atoms with Gasteiger partial charge in [-0.2, -0.15) is 4.80 Å². The third kappa shape index (κ3) is 6.05. The van der Waals surface area contributed by atoms with Crippen LogP contribution in [0.15, 0.2) is 65.1 Å². The Labute approximate surface area is 219 Å². The number of methoxy groups -OCH3 is 1. The number of nitrogens with zero attached hydrogens (tertiary/aromatic N) is 5. The topological polar surface area (TPSA) is 115 Å². The van der Waals surface area contributed by atoms with Crippen molar-refractivity contribution >= 4 is 17.5 Å². The van der Waals surface area contributed by atoms with E-state index in [1.165, 1.54) is 25.3 Å². The standard InChI is InChI=1S/C27H29FN6O4/c1-17-10-15-22(38-17)25-30-32-33(31-25)16-23(35)34(21-9-7-6-8-20(21)28)24(26(36)29-27(2,3)4)18-11-13-19(37-5)14-12-18/h6-15,24H,16H2,1-5H3,(H,29,36). The molecule has 38 heavy (non-hydrogen) atoms. The first kappa shape index (κ1) is 26.5. The fourth-order valence-electron chi connectivity index (χ4n) is 3.87. The van der Waals surface area contributed by atoms with Crippen LogP contribution in [-0.2, 0) is 16.1 Å². The number of tetrazole rings is 1. The van der Waals surface area contributed by atoms with Crippen LogP contribution in [0.1, 0.15) is 38.1 Å². The summed E-state index contributed by atoms with van der Waals surface area (Å²) in [4.78, 5) is 29.7. The van der Waals surface area contributed by atoms with E-state index in [9.17, 15) is 9.59 Å². The van der Waals surface area contributed by atoms with Crippen molar-refractivity contribution in [3.63, 3.8) is 0 Å². The Morgan fingerprint density at radius 3 is 2.42 bits per heavy atom. The van der Waals surface area contributed by atoms with E-state index in [0.29, 0.717) is 22.8 Å². The SMILES string of the molecule is COc1ccc(C(C(=O)NC(C)(C)C)N(C(=O)Cn2nnc(-c3ccc(C)o3)n2)c2ccccc2F)cc1. The molecule has 0 aliphatic carbocycles. The van der Waals surface area contributed by atoms with E-state index in [0.717, 1.165) is 9.70 Å². The number of nitrogens with one attached hydrogen (secondary N) is 1. The van der Waals surface area contributed by atoms with Gasteiger partial charge in [0.05, 0.1) is 12.8 Å². The summed E-state index contributed by atoms with van der Waals surface area (Å²) >= 11 is 0. The summed E-state index contributed by atoms with van der Waals surface area (Å²) in [6, 6.07) is 14.7. The average Bonchev–Trinajstić information content (AvgIpc) is 3.51. The highest BCUT2D eigenvalue weighted by Gasteiger charge is 2.36. The number of benzene rings is 2. The molecule has 11 heteroatoms. The number of furan rings is 1. The van der Waals surface area contributed by atoms with Gasteiger partial charge in [-0.15, -0.1) is 10.2 Å². The van der Waals surface area contributed by atoms with Crippen LogP contribution in [-0.4, -0.2) is 44.7 Å². The van der Waals surface area contributed by atoms with Gasteiger partial charge in [0.25, 0.3) is 5.91 Å². The number of aryl methyl sites for hydroxylation is 1. The molecule has 2 heterocycles. The van der Waals surface area contributed by atoms with Gasteiger partial charge in [0.2, 0.25) is 11.7 Å². The minimum absolute atomic E-state index is 0.0654. The lowest BCUT2D eigenvalue weighted by atomic mass is 10.0. The van der Waals surface area contributed by atoms with Gasteiger partial charge in [-0.3, -0.25) is 14.5 Å². The van der Waals surface area contributed by atoms with Crippen molar-refractivity contribution in [3.8, 4) is 17.3 Å². The van der Waals surface area contributed by atoms with Crippen molar-refractivity contribution in [1.29, 1.82) is 0 Å². The van der Waals surface area contributed by atoms with Crippen LogP contribution in [0.3, 0.4) is 0 Å². The Hall–Kier alpha value is -4.54. The average molecular weight is 521 g/mol. The first-order valence-corrected chi connectivity index (χ1v) is 11.9. The maximum Gasteiger partial charge on any atom is 0.251 e. The zero-order chi connectivity index (χ0) is 27.4. The summed E-state index contributed by atoms with van der Waals surface area (Å²) in [5, 5.41) is 15.1. The summed E-state index contributed by atoms with van der Waals surface area (Å²) in [6.07, 6.45) is 0. The highest BCUT2D eigenvalue weighted by atomic mass is 19.1. The third-order valence-corrected chi connectivity index (χ3v) is 5.51. The Morgan fingerprint density at radius 2 is 1.82 bits per heavy atom. The lowest BCUT2D eigenvalue weighted by Crippen LogP contribution is -2.50. The predicted molar refractivity (Wildman–Crippen MR) is 138 cm³/mol. The fourth-order valence-corrected chi connectivity index (χ4v) is 3.87. The van der Waals surface area contributed by atoms with Crippen molar-refractivity contribution in [2.75, 3.05) is 12.0 Å². The van der Waals surface area contributed by atoms with E-state index in [4.69, 9.17) is 9.15 Å². The Kier molecular flexibility index (Phi) is 7.56. The maximum absolute atomic E-state index is 15.2. The molecule has 198 valence electrons. The molecule has 2 aromatic carbocycles. The van der Waals surface area contributed by atoms with Gasteiger partial charge in [-0.1, -0.05) is 24.3 Å². The molecule has 0 radical (unpaired) electrons. The van der Waals surface area contributed by atoms with Crippen LogP contribution >= 0.6 is 0 Å². The highest BCUT2D eigenvalue weighted by molar-refractivity contribution is 6.01. The van der Waals surface area contributed by atoms with E-state index in [1.54, 1.807) is 49.4 Å². The number of amides is 2. The molecule has 0 aliphatic rings. The van der Waals surface area contributed by atoms with Gasteiger partial charge in [0.15, 0.2) is 5.76 Å². The number of ether oxygens (including phenoxy) is 1. The van der Waals surface area contributed by atoms with Crippen molar-refractivity contribution in [2.24, 2.45) is 0 Å². The molecule has 0 spiro atoms. The fraction of sp³-hybridized carbons (Fsp3) is 0.296. The highest BCUT2D eigenvalue weighted by Crippen LogP contribution is 2.32. The number of hydrogen-bond donors (Lipinski definition) is 1. The van der Waals surface area contributed by atoms with Gasteiger partial charge in [-0.25, -0.2) is 4.39 Å². The minimum atomic E-state index is -1.21. The molecule has 0 bridgehead atoms. The summed E-state index contributed by atoms with van der Waals surface area (Å²) in [6.45, 7) is 6.84. The second-order valence-corrected chi connectivity index (χ2v) is 9.68. The van der Waals surface area contributed by atoms with Gasteiger partial charge in [0.1, 0.15) is 29.9 Å². The van der Waals surface area contributed by atoms with Crippen LogP contribution in [0.2, 0.25) is 0 Å². The van der Waals surface area contributed by atoms with Crippen LogP contribution in [0.25, 0.3) is 11.6 Å². The summed E-state index contributed by atoms with van der Waals surface area (Å²) in [7, 11) is 1.53. The van der Waals surface area contributed by atoms with Crippen LogP contribution in [0.4, 0.5) is 10.1 Å². The van der Waals surface area contributed by atoms with Gasteiger partial charge in [-0.05, 0) is 74.9 Å².